The Morgan fingerprint density at radius 3 is 2.22 bits per heavy atom. The zero-order valence-electron chi connectivity index (χ0n) is 30.8. The molecule has 4 rings (SSSR count). The minimum absolute atomic E-state index is 0.0638. The minimum Gasteiger partial charge on any atom is -0.449 e. The summed E-state index contributed by atoms with van der Waals surface area (Å²) in [4.78, 5) is 94.0. The topological polar surface area (TPSA) is 180 Å². The predicted molar refractivity (Wildman–Crippen MR) is 189 cm³/mol. The van der Waals surface area contributed by atoms with Gasteiger partial charge >= 0.3 is 6.09 Å². The third-order valence-electron chi connectivity index (χ3n) is 10.7. The number of piperidine rings is 1. The van der Waals surface area contributed by atoms with Crippen molar-refractivity contribution in [2.75, 3.05) is 19.7 Å². The molecule has 0 spiro atoms. The monoisotopic (exact) mass is 709 g/mol. The highest BCUT2D eigenvalue weighted by Gasteiger charge is 2.69. The van der Waals surface area contributed by atoms with Crippen molar-refractivity contribution >= 4 is 41.3 Å². The lowest BCUT2D eigenvalue weighted by Crippen LogP contribution is -2.59. The molecule has 2 aliphatic carbocycles. The van der Waals surface area contributed by atoms with Crippen molar-refractivity contribution in [2.45, 2.75) is 111 Å². The Morgan fingerprint density at radius 2 is 1.61 bits per heavy atom. The average molecular weight is 710 g/mol. The molecule has 3 aliphatic rings. The Labute approximate surface area is 300 Å². The van der Waals surface area contributed by atoms with Crippen LogP contribution in [-0.2, 0) is 33.5 Å². The van der Waals surface area contributed by atoms with E-state index >= 15 is 0 Å². The second-order valence-electron chi connectivity index (χ2n) is 15.3. The maximum absolute atomic E-state index is 14.3. The van der Waals surface area contributed by atoms with Crippen LogP contribution in [0.25, 0.3) is 0 Å². The molecule has 1 aromatic carbocycles. The first-order valence-corrected chi connectivity index (χ1v) is 18.4. The molecule has 13 heteroatoms. The van der Waals surface area contributed by atoms with Crippen LogP contribution in [0.15, 0.2) is 30.3 Å². The number of ether oxygens (including phenoxy) is 1. The van der Waals surface area contributed by atoms with Crippen LogP contribution in [0, 0.1) is 29.1 Å². The van der Waals surface area contributed by atoms with Gasteiger partial charge in [-0.2, -0.15) is 0 Å². The Morgan fingerprint density at radius 1 is 0.941 bits per heavy atom. The van der Waals surface area contributed by atoms with Crippen molar-refractivity contribution in [2.24, 2.45) is 29.1 Å². The van der Waals surface area contributed by atoms with E-state index in [1.165, 1.54) is 6.92 Å². The lowest BCUT2D eigenvalue weighted by Gasteiger charge is -2.37. The molecule has 4 N–H and O–H groups in total. The molecule has 2 unspecified atom stereocenters. The molecule has 5 amide bonds. The Hall–Kier alpha value is -4.29. The lowest BCUT2D eigenvalue weighted by molar-refractivity contribution is -0.145. The van der Waals surface area contributed by atoms with Gasteiger partial charge in [0.25, 0.3) is 5.91 Å². The number of hydrogen-bond acceptors (Lipinski definition) is 8. The summed E-state index contributed by atoms with van der Waals surface area (Å²) in [6, 6.07) is 4.82. The van der Waals surface area contributed by atoms with E-state index in [0.29, 0.717) is 18.5 Å². The highest BCUT2D eigenvalue weighted by Crippen LogP contribution is 2.65. The van der Waals surface area contributed by atoms with Crippen LogP contribution in [0.1, 0.15) is 98.1 Å². The molecule has 6 atom stereocenters. The van der Waals surface area contributed by atoms with Crippen LogP contribution in [0.4, 0.5) is 4.79 Å². The number of fused-ring (bicyclic) bond motifs is 1. The number of alkyl carbamates (subject to hydrolysis) is 1. The largest absolute Gasteiger partial charge is 0.449 e. The van der Waals surface area contributed by atoms with Crippen LogP contribution in [-0.4, -0.2) is 84.0 Å². The van der Waals surface area contributed by atoms with Gasteiger partial charge in [-0.05, 0) is 60.8 Å². The standard InChI is InChI=1S/C38H55N5O8/c1-7-14-27(33(46)35(48)39-19-28(45)41-30(23(4)44)24-15-10-8-11-16-24)40-34(47)32-29-26(38(29,5)6)20-43(32)36(49)31(25-17-12-9-13-18-25)42-37(50)51-21-22(2)3/h8,10-11,15-16,22,25-27,29-32H,7,9,12-14,17-21H2,1-6H3,(H,39,48)(H,40,47)(H,41,45)(H,42,50)/t26-,27?,29-,30+,31-,32?/m0/s1. The van der Waals surface area contributed by atoms with Gasteiger partial charge in [0.15, 0.2) is 5.78 Å². The number of rotatable bonds is 16. The van der Waals surface area contributed by atoms with Gasteiger partial charge in [-0.3, -0.25) is 28.8 Å². The van der Waals surface area contributed by atoms with Crippen LogP contribution in [0.5, 0.6) is 0 Å². The summed E-state index contributed by atoms with van der Waals surface area (Å²) < 4.78 is 5.37. The molecule has 1 heterocycles. The molecule has 0 radical (unpaired) electrons. The molecule has 13 nitrogen and oxygen atoms in total. The van der Waals surface area contributed by atoms with Gasteiger partial charge in [-0.25, -0.2) is 4.79 Å². The maximum atomic E-state index is 14.3. The molecule has 2 saturated carbocycles. The molecule has 280 valence electrons. The number of benzene rings is 1. The minimum atomic E-state index is -1.18. The van der Waals surface area contributed by atoms with Crippen molar-refractivity contribution in [3.05, 3.63) is 35.9 Å². The number of Topliss-reactive ketones (excluding diaryl/α,β-unsaturated/α-hetero) is 2. The fraction of sp³-hybridized carbons (Fsp3) is 0.658. The number of hydrogen-bond donors (Lipinski definition) is 4. The molecule has 3 fully saturated rings. The zero-order valence-corrected chi connectivity index (χ0v) is 30.8. The third kappa shape index (κ3) is 9.74. The number of nitrogens with zero attached hydrogens (tertiary/aromatic N) is 1. The van der Waals surface area contributed by atoms with Crippen LogP contribution in [0.3, 0.4) is 0 Å². The summed E-state index contributed by atoms with van der Waals surface area (Å²) >= 11 is 0. The highest BCUT2D eigenvalue weighted by molar-refractivity contribution is 6.38. The summed E-state index contributed by atoms with van der Waals surface area (Å²) in [5.74, 6) is -3.86. The second kappa shape index (κ2) is 17.3. The van der Waals surface area contributed by atoms with Crippen molar-refractivity contribution in [3.8, 4) is 0 Å². The van der Waals surface area contributed by atoms with Gasteiger partial charge in [0.2, 0.25) is 23.5 Å². The normalized spacial score (nSPS) is 22.5. The fourth-order valence-corrected chi connectivity index (χ4v) is 7.75. The van der Waals surface area contributed by atoms with Crippen molar-refractivity contribution in [1.82, 2.24) is 26.2 Å². The number of nitrogens with one attached hydrogen (secondary N) is 4. The van der Waals surface area contributed by atoms with Gasteiger partial charge < -0.3 is 30.9 Å². The van der Waals surface area contributed by atoms with Crippen molar-refractivity contribution < 1.29 is 38.3 Å². The number of likely N-dealkylation sites (tertiary alicyclic amines) is 1. The van der Waals surface area contributed by atoms with E-state index in [1.54, 1.807) is 35.2 Å². The summed E-state index contributed by atoms with van der Waals surface area (Å²) in [5.41, 5.74) is 0.369. The summed E-state index contributed by atoms with van der Waals surface area (Å²) in [5, 5.41) is 10.5. The number of ketones is 2. The zero-order chi connectivity index (χ0) is 37.5. The quantitative estimate of drug-likeness (QED) is 0.189. The molecule has 1 saturated heterocycles. The summed E-state index contributed by atoms with van der Waals surface area (Å²) in [7, 11) is 0. The molecule has 0 bridgehead atoms. The molecule has 1 aliphatic heterocycles. The number of carbonyl (C=O) groups excluding carboxylic acids is 7. The summed E-state index contributed by atoms with van der Waals surface area (Å²) in [6.07, 6.45) is 4.44. The molecule has 1 aromatic rings. The highest BCUT2D eigenvalue weighted by atomic mass is 16.5. The van der Waals surface area contributed by atoms with Crippen LogP contribution in [0.2, 0.25) is 0 Å². The van der Waals surface area contributed by atoms with Gasteiger partial charge in [0.05, 0.1) is 19.2 Å². The van der Waals surface area contributed by atoms with Crippen LogP contribution < -0.4 is 21.3 Å². The van der Waals surface area contributed by atoms with E-state index in [9.17, 15) is 33.6 Å². The van der Waals surface area contributed by atoms with Crippen LogP contribution >= 0.6 is 0 Å². The fourth-order valence-electron chi connectivity index (χ4n) is 7.75. The maximum Gasteiger partial charge on any atom is 0.407 e. The first kappa shape index (κ1) is 39.5. The van der Waals surface area contributed by atoms with E-state index in [0.717, 1.165) is 32.1 Å². The van der Waals surface area contributed by atoms with Gasteiger partial charge in [-0.1, -0.05) is 90.6 Å². The number of amides is 5. The predicted octanol–water partition coefficient (Wildman–Crippen LogP) is 3.22. The molecule has 0 aromatic heterocycles. The molecular formula is C38H55N5O8. The van der Waals surface area contributed by atoms with E-state index in [1.807, 2.05) is 34.6 Å². The molecular weight excluding hydrogens is 654 g/mol. The van der Waals surface area contributed by atoms with E-state index < -0.39 is 60.3 Å². The SMILES string of the molecule is CCCC(NC(=O)C1[C@@H]2[C@H](CN1C(=O)[C@@H](NC(=O)OCC(C)C)C1CCCCC1)C2(C)C)C(=O)C(=O)NCC(=O)N[C@H](C(C)=O)c1ccccc1. The Bertz CT molecular complexity index is 1460. The second-order valence-corrected chi connectivity index (χ2v) is 15.3. The van der Waals surface area contributed by atoms with Gasteiger partial charge in [0.1, 0.15) is 18.1 Å². The summed E-state index contributed by atoms with van der Waals surface area (Å²) in [6.45, 7) is 11.1. The van der Waals surface area contributed by atoms with Crippen molar-refractivity contribution in [3.63, 3.8) is 0 Å². The lowest BCUT2D eigenvalue weighted by atomic mass is 9.83. The van der Waals surface area contributed by atoms with Crippen molar-refractivity contribution in [1.29, 1.82) is 0 Å². The number of carbonyl (C=O) groups is 7. The van der Waals surface area contributed by atoms with Gasteiger partial charge in [-0.15, -0.1) is 0 Å². The first-order chi connectivity index (χ1) is 24.2. The smallest absolute Gasteiger partial charge is 0.407 e. The molecule has 51 heavy (non-hydrogen) atoms. The third-order valence-corrected chi connectivity index (χ3v) is 10.7. The van der Waals surface area contributed by atoms with E-state index in [-0.39, 0.29) is 53.8 Å². The van der Waals surface area contributed by atoms with Gasteiger partial charge in [0, 0.05) is 6.54 Å². The van der Waals surface area contributed by atoms with E-state index in [2.05, 4.69) is 21.3 Å². The Balaban J connectivity index is 1.44. The average Bonchev–Trinajstić information content (AvgIpc) is 3.40. The first-order valence-electron chi connectivity index (χ1n) is 18.4. The Kier molecular flexibility index (Phi) is 13.4. The van der Waals surface area contributed by atoms with E-state index in [4.69, 9.17) is 4.74 Å².